The number of aromatic hydroxyl groups is 1. The van der Waals surface area contributed by atoms with Gasteiger partial charge in [0.25, 0.3) is 0 Å². The fourth-order valence-corrected chi connectivity index (χ4v) is 4.65. The second-order valence-electron chi connectivity index (χ2n) is 12.7. The molecule has 1 aliphatic heterocycles. The number of nitrogens with one attached hydrogen (secondary N) is 1. The number of urea groups is 1. The van der Waals surface area contributed by atoms with E-state index in [2.05, 4.69) is 15.5 Å². The lowest BCUT2D eigenvalue weighted by Crippen LogP contribution is -2.43. The van der Waals surface area contributed by atoms with Crippen LogP contribution in [0.3, 0.4) is 0 Å². The molecule has 0 radical (unpaired) electrons. The Morgan fingerprint density at radius 1 is 0.911 bits per heavy atom. The number of aryl methyl sites for hydroxylation is 1. The van der Waals surface area contributed by atoms with Crippen LogP contribution in [0.2, 0.25) is 0 Å². The largest absolute Gasteiger partial charge is 0.508 e. The van der Waals surface area contributed by atoms with Gasteiger partial charge in [-0.05, 0) is 102 Å². The highest BCUT2D eigenvalue weighted by atomic mass is 16.6. The second kappa shape index (κ2) is 12.9. The van der Waals surface area contributed by atoms with Gasteiger partial charge in [0, 0.05) is 35.1 Å². The monoisotopic (exact) mass is 615 g/mol. The molecule has 0 saturated carbocycles. The third-order valence-corrected chi connectivity index (χ3v) is 6.47. The van der Waals surface area contributed by atoms with Gasteiger partial charge in [0.1, 0.15) is 34.3 Å². The number of benzene rings is 3. The molecular weight excluding hydrogens is 578 g/mol. The first-order valence-corrected chi connectivity index (χ1v) is 14.5. The van der Waals surface area contributed by atoms with E-state index in [1.54, 1.807) is 71.9 Å². The highest BCUT2D eigenvalue weighted by Gasteiger charge is 2.28. The highest BCUT2D eigenvalue weighted by Crippen LogP contribution is 2.42. The van der Waals surface area contributed by atoms with E-state index in [4.69, 9.17) is 13.9 Å². The van der Waals surface area contributed by atoms with E-state index in [-0.39, 0.29) is 24.0 Å². The van der Waals surface area contributed by atoms with Crippen molar-refractivity contribution in [3.63, 3.8) is 0 Å². The van der Waals surface area contributed by atoms with Crippen LogP contribution in [0.5, 0.6) is 5.75 Å². The summed E-state index contributed by atoms with van der Waals surface area (Å²) in [6.45, 7) is 12.2. The van der Waals surface area contributed by atoms with Crippen molar-refractivity contribution in [2.75, 3.05) is 0 Å². The topological polar surface area (TPSA) is 157 Å². The number of carbonyl (C=O) groups excluding carboxylic acids is 3. The Morgan fingerprint density at radius 2 is 1.62 bits per heavy atom. The lowest BCUT2D eigenvalue weighted by Gasteiger charge is -2.24. The summed E-state index contributed by atoms with van der Waals surface area (Å²) in [7, 11) is 0. The first-order valence-electron chi connectivity index (χ1n) is 14.5. The second-order valence-corrected chi connectivity index (χ2v) is 12.7. The van der Waals surface area contributed by atoms with Crippen molar-refractivity contribution < 1.29 is 33.4 Å². The maximum Gasteiger partial charge on any atom is 0.360 e. The molecule has 2 amide bonds. The molecular formula is C34H37N3O8. The normalized spacial score (nSPS) is 12.8. The quantitative estimate of drug-likeness (QED) is 0.125. The number of rotatable bonds is 7. The van der Waals surface area contributed by atoms with Gasteiger partial charge in [-0.1, -0.05) is 11.2 Å². The number of ether oxygens (including phenoxy) is 2. The van der Waals surface area contributed by atoms with Gasteiger partial charge >= 0.3 is 18.0 Å². The Balaban J connectivity index is 1.62. The van der Waals surface area contributed by atoms with E-state index in [0.717, 1.165) is 16.7 Å². The van der Waals surface area contributed by atoms with Crippen LogP contribution in [0, 0.1) is 6.92 Å². The molecule has 4 rings (SSSR count). The summed E-state index contributed by atoms with van der Waals surface area (Å²) < 4.78 is 16.7. The van der Waals surface area contributed by atoms with Crippen LogP contribution < -0.4 is 10.7 Å². The zero-order valence-corrected chi connectivity index (χ0v) is 26.4. The number of nitrogens with zero attached hydrogens (tertiary/aromatic N) is 2. The van der Waals surface area contributed by atoms with Crippen LogP contribution in [0.1, 0.15) is 59.9 Å². The molecule has 2 aromatic rings. The Morgan fingerprint density at radius 3 is 2.31 bits per heavy atom. The predicted octanol–water partition coefficient (Wildman–Crippen LogP) is 7.20. The first-order chi connectivity index (χ1) is 21.0. The van der Waals surface area contributed by atoms with Crippen LogP contribution >= 0.6 is 0 Å². The van der Waals surface area contributed by atoms with E-state index in [1.165, 1.54) is 18.2 Å². The fourth-order valence-electron chi connectivity index (χ4n) is 4.65. The summed E-state index contributed by atoms with van der Waals surface area (Å²) in [6, 6.07) is 12.4. The van der Waals surface area contributed by atoms with Crippen molar-refractivity contribution in [2.45, 2.75) is 78.6 Å². The third-order valence-electron chi connectivity index (χ3n) is 6.47. The van der Waals surface area contributed by atoms with Crippen LogP contribution in [-0.4, -0.2) is 40.3 Å². The molecule has 0 unspecified atom stereocenters. The maximum atomic E-state index is 12.9. The minimum Gasteiger partial charge on any atom is -0.508 e. The molecule has 236 valence electrons. The van der Waals surface area contributed by atoms with Crippen LogP contribution in [-0.2, 0) is 19.1 Å². The van der Waals surface area contributed by atoms with Crippen LogP contribution in [0.25, 0.3) is 33.4 Å². The Bertz CT molecular complexity index is 1810. The van der Waals surface area contributed by atoms with Gasteiger partial charge in [-0.25, -0.2) is 9.59 Å². The summed E-state index contributed by atoms with van der Waals surface area (Å²) in [6.07, 6.45) is -0.184. The molecule has 1 heterocycles. The number of azo groups is 1. The van der Waals surface area contributed by atoms with Gasteiger partial charge < -0.3 is 24.3 Å². The summed E-state index contributed by atoms with van der Waals surface area (Å²) in [5.41, 5.74) is 2.02. The van der Waals surface area contributed by atoms with Gasteiger partial charge in [0.2, 0.25) is 0 Å². The smallest absolute Gasteiger partial charge is 0.360 e. The summed E-state index contributed by atoms with van der Waals surface area (Å²) >= 11 is 0. The number of hydrogen-bond acceptors (Lipinski definition) is 9. The molecule has 2 aromatic carbocycles. The molecule has 0 saturated heterocycles. The molecule has 1 aliphatic carbocycles. The number of phenols is 1. The summed E-state index contributed by atoms with van der Waals surface area (Å²) in [5, 5.41) is 21.1. The maximum absolute atomic E-state index is 12.9. The van der Waals surface area contributed by atoms with Crippen molar-refractivity contribution in [3.05, 3.63) is 70.4 Å². The highest BCUT2D eigenvalue weighted by molar-refractivity contribution is 6.03. The zero-order chi connectivity index (χ0) is 33.1. The number of amides is 2. The Labute approximate surface area is 260 Å². The molecule has 2 aliphatic rings. The van der Waals surface area contributed by atoms with Gasteiger partial charge in [-0.15, -0.1) is 5.11 Å². The van der Waals surface area contributed by atoms with Crippen LogP contribution in [0.15, 0.2) is 74.0 Å². The summed E-state index contributed by atoms with van der Waals surface area (Å²) in [5.74, 6) is -0.876. The van der Waals surface area contributed by atoms with Gasteiger partial charge in [-0.2, -0.15) is 0 Å². The van der Waals surface area contributed by atoms with E-state index in [1.807, 2.05) is 13.0 Å². The van der Waals surface area contributed by atoms with E-state index in [0.29, 0.717) is 28.0 Å². The van der Waals surface area contributed by atoms with E-state index >= 15 is 0 Å². The number of fused-ring (bicyclic) bond motifs is 2. The van der Waals surface area contributed by atoms with Crippen molar-refractivity contribution in [1.82, 2.24) is 5.32 Å². The molecule has 11 nitrogen and oxygen atoms in total. The minimum absolute atomic E-state index is 0.0101. The number of carbonyl (C=O) groups is 3. The average molecular weight is 616 g/mol. The number of esters is 2. The van der Waals surface area contributed by atoms with Gasteiger partial charge in [0.15, 0.2) is 5.43 Å². The molecule has 0 spiro atoms. The standard InChI is InChI=1S/C34H37N3O8/c1-19-8-9-20(16-25(19)30-23-12-10-21(38)17-27(23)43-28-18-22(39)11-13-24(28)30)36-37-32(42)35-26(31(41)45-34(5,6)7)14-15-29(40)44-33(2,3)4/h8-13,16-18,26,38H,14-15H2,1-7H3,(H,35,42)/t26-/m0/s1. The van der Waals surface area contributed by atoms with Crippen molar-refractivity contribution in [1.29, 1.82) is 0 Å². The van der Waals surface area contributed by atoms with Crippen LogP contribution in [0.4, 0.5) is 10.5 Å². The Hall–Kier alpha value is -5.06. The molecule has 0 aromatic heterocycles. The number of hydrogen-bond donors (Lipinski definition) is 2. The fraction of sp³-hybridized carbons (Fsp3) is 0.353. The molecule has 1 atom stereocenters. The summed E-state index contributed by atoms with van der Waals surface area (Å²) in [4.78, 5) is 50.1. The molecule has 11 heteroatoms. The zero-order valence-electron chi connectivity index (χ0n) is 26.4. The third kappa shape index (κ3) is 8.75. The van der Waals surface area contributed by atoms with Gasteiger partial charge in [0.05, 0.1) is 5.69 Å². The minimum atomic E-state index is -1.16. The first kappa shape index (κ1) is 32.8. The SMILES string of the molecule is Cc1ccc(N=NC(=O)N[C@@H](CCC(=O)OC(C)(C)C)C(=O)OC(C)(C)C)cc1-c1c2ccc(=O)cc-2oc2cc(O)ccc12. The van der Waals surface area contributed by atoms with Crippen molar-refractivity contribution in [3.8, 4) is 28.2 Å². The van der Waals surface area contributed by atoms with E-state index in [9.17, 15) is 24.3 Å². The number of phenolic OH excluding ortho intramolecular Hbond substituents is 1. The molecule has 2 N–H and O–H groups in total. The predicted molar refractivity (Wildman–Crippen MR) is 169 cm³/mol. The van der Waals surface area contributed by atoms with Crippen molar-refractivity contribution in [2.24, 2.45) is 10.2 Å². The van der Waals surface area contributed by atoms with E-state index < -0.39 is 35.2 Å². The van der Waals surface area contributed by atoms with Gasteiger partial charge in [-0.3, -0.25) is 9.59 Å². The molecule has 0 fully saturated rings. The average Bonchev–Trinajstić information content (AvgIpc) is 2.91. The lowest BCUT2D eigenvalue weighted by molar-refractivity contribution is -0.158. The lowest BCUT2D eigenvalue weighted by atomic mass is 9.91. The van der Waals surface area contributed by atoms with Crippen molar-refractivity contribution >= 4 is 34.6 Å². The Kier molecular flexibility index (Phi) is 9.41. The molecule has 0 bridgehead atoms. The molecule has 45 heavy (non-hydrogen) atoms.